The van der Waals surface area contributed by atoms with Crippen molar-refractivity contribution >= 4 is 0 Å². The molecule has 0 spiro atoms. The molecule has 1 rings (SSSR count). The minimum Gasteiger partial charge on any atom is -0.486 e. The van der Waals surface area contributed by atoms with Gasteiger partial charge in [-0.05, 0) is 31.4 Å². The Morgan fingerprint density at radius 1 is 1.27 bits per heavy atom. The number of benzene rings is 1. The predicted octanol–water partition coefficient (Wildman–Crippen LogP) is 2.76. The Balaban J connectivity index is 2.87. The van der Waals surface area contributed by atoms with E-state index in [1.54, 1.807) is 0 Å². The molecular formula is C13H21NO. The first-order valence-corrected chi connectivity index (χ1v) is 5.62. The van der Waals surface area contributed by atoms with E-state index in [-0.39, 0.29) is 5.60 Å². The highest BCUT2D eigenvalue weighted by Crippen LogP contribution is 2.24. The van der Waals surface area contributed by atoms with E-state index in [2.05, 4.69) is 26.8 Å². The Morgan fingerprint density at radius 3 is 2.47 bits per heavy atom. The average Bonchev–Trinajstić information content (AvgIpc) is 2.29. The van der Waals surface area contributed by atoms with Crippen LogP contribution in [-0.4, -0.2) is 12.1 Å². The van der Waals surface area contributed by atoms with Crippen molar-refractivity contribution in [2.24, 2.45) is 5.73 Å². The molecule has 15 heavy (non-hydrogen) atoms. The molecule has 0 aromatic heterocycles. The first kappa shape index (κ1) is 12.1. The van der Waals surface area contributed by atoms with E-state index in [1.807, 2.05) is 18.2 Å². The summed E-state index contributed by atoms with van der Waals surface area (Å²) in [5.74, 6) is 0.967. The molecule has 0 radical (unpaired) electrons. The lowest BCUT2D eigenvalue weighted by molar-refractivity contribution is 0.0923. The van der Waals surface area contributed by atoms with Crippen LogP contribution in [0.2, 0.25) is 0 Å². The van der Waals surface area contributed by atoms with Crippen LogP contribution in [0.1, 0.15) is 32.8 Å². The van der Waals surface area contributed by atoms with Crippen LogP contribution >= 0.6 is 0 Å². The maximum Gasteiger partial charge on any atom is 0.123 e. The van der Waals surface area contributed by atoms with Gasteiger partial charge in [-0.2, -0.15) is 0 Å². The molecule has 84 valence electrons. The summed E-state index contributed by atoms with van der Waals surface area (Å²) in [6.07, 6.45) is 1.90. The van der Waals surface area contributed by atoms with Gasteiger partial charge in [0.25, 0.3) is 0 Å². The molecule has 0 saturated carbocycles. The van der Waals surface area contributed by atoms with Crippen molar-refractivity contribution in [2.45, 2.75) is 39.2 Å². The van der Waals surface area contributed by atoms with Gasteiger partial charge in [0, 0.05) is 6.54 Å². The minimum atomic E-state index is -0.245. The quantitative estimate of drug-likeness (QED) is 0.805. The zero-order chi connectivity index (χ0) is 11.3. The maximum absolute atomic E-state index is 6.00. The average molecular weight is 207 g/mol. The standard InChI is InChI=1S/C13H21NO/c1-4-11-8-6-7-9-12(11)15-13(3,5-2)10-14/h6-9H,4-5,10,14H2,1-3H3. The predicted molar refractivity (Wildman–Crippen MR) is 64.2 cm³/mol. The zero-order valence-electron chi connectivity index (χ0n) is 9.92. The van der Waals surface area contributed by atoms with Gasteiger partial charge in [0.1, 0.15) is 11.4 Å². The topological polar surface area (TPSA) is 35.2 Å². The molecule has 2 heteroatoms. The molecule has 0 aliphatic heterocycles. The van der Waals surface area contributed by atoms with E-state index in [0.717, 1.165) is 18.6 Å². The van der Waals surface area contributed by atoms with E-state index in [1.165, 1.54) is 5.56 Å². The SMILES string of the molecule is CCc1ccccc1OC(C)(CC)CN. The monoisotopic (exact) mass is 207 g/mol. The largest absolute Gasteiger partial charge is 0.486 e. The van der Waals surface area contributed by atoms with E-state index in [0.29, 0.717) is 6.54 Å². The molecule has 0 aliphatic rings. The van der Waals surface area contributed by atoms with Gasteiger partial charge in [0.05, 0.1) is 0 Å². The summed E-state index contributed by atoms with van der Waals surface area (Å²) in [5, 5.41) is 0. The first-order chi connectivity index (χ1) is 7.15. The van der Waals surface area contributed by atoms with Crippen molar-refractivity contribution in [3.8, 4) is 5.75 Å². The van der Waals surface area contributed by atoms with Crippen LogP contribution in [0, 0.1) is 0 Å². The summed E-state index contributed by atoms with van der Waals surface area (Å²) in [5.41, 5.74) is 6.73. The van der Waals surface area contributed by atoms with Crippen LogP contribution in [0.3, 0.4) is 0 Å². The van der Waals surface area contributed by atoms with Gasteiger partial charge in [0.15, 0.2) is 0 Å². The van der Waals surface area contributed by atoms with Crippen LogP contribution in [0.15, 0.2) is 24.3 Å². The van der Waals surface area contributed by atoms with Crippen LogP contribution in [0.25, 0.3) is 0 Å². The van der Waals surface area contributed by atoms with Crippen molar-refractivity contribution in [1.82, 2.24) is 0 Å². The number of ether oxygens (including phenoxy) is 1. The van der Waals surface area contributed by atoms with Gasteiger partial charge >= 0.3 is 0 Å². The van der Waals surface area contributed by atoms with Crippen LogP contribution in [0.4, 0.5) is 0 Å². The number of para-hydroxylation sites is 1. The lowest BCUT2D eigenvalue weighted by atomic mass is 10.0. The number of aryl methyl sites for hydroxylation is 1. The number of rotatable bonds is 5. The van der Waals surface area contributed by atoms with Gasteiger partial charge in [-0.25, -0.2) is 0 Å². The van der Waals surface area contributed by atoms with Crippen molar-refractivity contribution in [1.29, 1.82) is 0 Å². The Bertz CT molecular complexity index is 305. The summed E-state index contributed by atoms with van der Waals surface area (Å²) >= 11 is 0. The fourth-order valence-corrected chi connectivity index (χ4v) is 1.42. The second-order valence-electron chi connectivity index (χ2n) is 4.07. The molecule has 0 bridgehead atoms. The molecule has 2 N–H and O–H groups in total. The highest BCUT2D eigenvalue weighted by Gasteiger charge is 2.22. The summed E-state index contributed by atoms with van der Waals surface area (Å²) < 4.78 is 6.00. The van der Waals surface area contributed by atoms with Gasteiger partial charge in [-0.3, -0.25) is 0 Å². The third-order valence-corrected chi connectivity index (χ3v) is 2.89. The first-order valence-electron chi connectivity index (χ1n) is 5.62. The molecule has 0 saturated heterocycles. The van der Waals surface area contributed by atoms with Crippen LogP contribution < -0.4 is 10.5 Å². The minimum absolute atomic E-state index is 0.245. The summed E-state index contributed by atoms with van der Waals surface area (Å²) in [7, 11) is 0. The van der Waals surface area contributed by atoms with Gasteiger partial charge in [-0.15, -0.1) is 0 Å². The molecule has 0 amide bonds. The Hall–Kier alpha value is -1.02. The number of hydrogen-bond donors (Lipinski definition) is 1. The third kappa shape index (κ3) is 2.96. The van der Waals surface area contributed by atoms with Crippen molar-refractivity contribution in [2.75, 3.05) is 6.54 Å². The second-order valence-corrected chi connectivity index (χ2v) is 4.07. The highest BCUT2D eigenvalue weighted by molar-refractivity contribution is 5.33. The lowest BCUT2D eigenvalue weighted by Crippen LogP contribution is -2.40. The fourth-order valence-electron chi connectivity index (χ4n) is 1.42. The summed E-state index contributed by atoms with van der Waals surface area (Å²) in [4.78, 5) is 0. The molecule has 0 fully saturated rings. The summed E-state index contributed by atoms with van der Waals surface area (Å²) in [6, 6.07) is 8.16. The maximum atomic E-state index is 6.00. The number of nitrogens with two attached hydrogens (primary N) is 1. The molecule has 0 aliphatic carbocycles. The molecular weight excluding hydrogens is 186 g/mol. The molecule has 1 aromatic carbocycles. The van der Waals surface area contributed by atoms with Gasteiger partial charge in [-0.1, -0.05) is 32.0 Å². The van der Waals surface area contributed by atoms with E-state index in [4.69, 9.17) is 10.5 Å². The molecule has 1 unspecified atom stereocenters. The number of hydrogen-bond acceptors (Lipinski definition) is 2. The normalized spacial score (nSPS) is 14.7. The van der Waals surface area contributed by atoms with Gasteiger partial charge in [0.2, 0.25) is 0 Å². The van der Waals surface area contributed by atoms with Crippen LogP contribution in [-0.2, 0) is 6.42 Å². The molecule has 0 heterocycles. The Morgan fingerprint density at radius 2 is 1.93 bits per heavy atom. The highest BCUT2D eigenvalue weighted by atomic mass is 16.5. The molecule has 1 atom stereocenters. The second kappa shape index (κ2) is 5.17. The van der Waals surface area contributed by atoms with E-state index >= 15 is 0 Å². The van der Waals surface area contributed by atoms with Crippen LogP contribution in [0.5, 0.6) is 5.75 Å². The Kier molecular flexibility index (Phi) is 4.15. The van der Waals surface area contributed by atoms with Crippen molar-refractivity contribution in [3.63, 3.8) is 0 Å². The van der Waals surface area contributed by atoms with E-state index < -0.39 is 0 Å². The van der Waals surface area contributed by atoms with E-state index in [9.17, 15) is 0 Å². The smallest absolute Gasteiger partial charge is 0.123 e. The molecule has 1 aromatic rings. The van der Waals surface area contributed by atoms with Crippen molar-refractivity contribution < 1.29 is 4.74 Å². The Labute approximate surface area is 92.4 Å². The fraction of sp³-hybridized carbons (Fsp3) is 0.538. The lowest BCUT2D eigenvalue weighted by Gasteiger charge is -2.29. The van der Waals surface area contributed by atoms with Crippen molar-refractivity contribution in [3.05, 3.63) is 29.8 Å². The van der Waals surface area contributed by atoms with Gasteiger partial charge < -0.3 is 10.5 Å². The zero-order valence-corrected chi connectivity index (χ0v) is 9.92. The summed E-state index contributed by atoms with van der Waals surface area (Å²) in [6.45, 7) is 6.83. The molecule has 2 nitrogen and oxygen atoms in total. The third-order valence-electron chi connectivity index (χ3n) is 2.89.